The molecule has 1 aromatic carbocycles. The van der Waals surface area contributed by atoms with E-state index < -0.39 is 11.9 Å². The molecule has 0 saturated heterocycles. The van der Waals surface area contributed by atoms with E-state index in [4.69, 9.17) is 4.74 Å². The van der Waals surface area contributed by atoms with Crippen LogP contribution >= 0.6 is 0 Å². The Kier molecular flexibility index (Phi) is 3.12. The number of nitrogens with zero attached hydrogens (tertiary/aromatic N) is 3. The van der Waals surface area contributed by atoms with Gasteiger partial charge < -0.3 is 4.74 Å². The molecule has 100 valence electrons. The molecule has 5 nitrogen and oxygen atoms in total. The average Bonchev–Trinajstić information content (AvgIpc) is 2.48. The second-order valence-electron chi connectivity index (χ2n) is 4.09. The van der Waals surface area contributed by atoms with Crippen molar-refractivity contribution in [3.8, 4) is 11.1 Å². The molecule has 0 atom stereocenters. The quantitative estimate of drug-likeness (QED) is 0.844. The van der Waals surface area contributed by atoms with Crippen molar-refractivity contribution in [1.82, 2.24) is 4.98 Å². The van der Waals surface area contributed by atoms with E-state index in [0.29, 0.717) is 16.8 Å². The first kappa shape index (κ1) is 12.3. The highest BCUT2D eigenvalue weighted by atomic mass is 19.1. The summed E-state index contributed by atoms with van der Waals surface area (Å²) in [5, 5.41) is 4.89. The van der Waals surface area contributed by atoms with Gasteiger partial charge in [0, 0.05) is 29.6 Å². The maximum absolute atomic E-state index is 14.2. The molecule has 1 aliphatic heterocycles. The van der Waals surface area contributed by atoms with E-state index in [1.807, 2.05) is 0 Å². The van der Waals surface area contributed by atoms with Crippen LogP contribution in [0.25, 0.3) is 11.1 Å². The number of carbonyl (C=O) groups excluding carboxylic acids is 1. The number of anilines is 1. The highest BCUT2D eigenvalue weighted by Crippen LogP contribution is 2.27. The lowest BCUT2D eigenvalue weighted by Crippen LogP contribution is -2.31. The van der Waals surface area contributed by atoms with Crippen molar-refractivity contribution >= 4 is 18.0 Å². The minimum Gasteiger partial charge on any atom is -0.442 e. The van der Waals surface area contributed by atoms with Crippen molar-refractivity contribution in [2.75, 3.05) is 11.6 Å². The fraction of sp³-hybridized carbons (Fsp3) is 0.0714. The molecular weight excluding hydrogens is 261 g/mol. The maximum atomic E-state index is 14.2. The molecule has 20 heavy (non-hydrogen) atoms. The van der Waals surface area contributed by atoms with Gasteiger partial charge in [0.1, 0.15) is 12.4 Å². The summed E-state index contributed by atoms with van der Waals surface area (Å²) in [5.74, 6) is -0.455. The Labute approximate surface area is 114 Å². The summed E-state index contributed by atoms with van der Waals surface area (Å²) in [5.41, 5.74) is 1.40. The van der Waals surface area contributed by atoms with Crippen LogP contribution in [0.2, 0.25) is 0 Å². The molecule has 0 spiro atoms. The molecule has 3 rings (SSSR count). The third-order valence-electron chi connectivity index (χ3n) is 2.82. The topological polar surface area (TPSA) is 54.8 Å². The van der Waals surface area contributed by atoms with Crippen LogP contribution in [0.3, 0.4) is 0 Å². The maximum Gasteiger partial charge on any atom is 0.435 e. The molecule has 0 aliphatic carbocycles. The van der Waals surface area contributed by atoms with Crippen LogP contribution in [0.5, 0.6) is 0 Å². The summed E-state index contributed by atoms with van der Waals surface area (Å²) < 4.78 is 19.0. The molecular formula is C14H10FN3O2. The van der Waals surface area contributed by atoms with Crippen LogP contribution in [0.1, 0.15) is 0 Å². The minimum absolute atomic E-state index is 0.131. The lowest BCUT2D eigenvalue weighted by molar-refractivity contribution is 0.167. The molecule has 1 amide bonds. The first-order valence-corrected chi connectivity index (χ1v) is 5.95. The fourth-order valence-corrected chi connectivity index (χ4v) is 1.90. The number of ether oxygens (including phenoxy) is 1. The number of hydrogen-bond acceptors (Lipinski definition) is 4. The van der Waals surface area contributed by atoms with E-state index in [-0.39, 0.29) is 6.61 Å². The van der Waals surface area contributed by atoms with Gasteiger partial charge in [0.2, 0.25) is 0 Å². The standard InChI is InChI=1S/C14H10FN3O2/c15-13-8-11(18-14(19)20-7-6-17-18)3-4-12(13)10-2-1-5-16-9-10/h1-6,8-9H,7H2. The second kappa shape index (κ2) is 5.08. The number of pyridine rings is 1. The second-order valence-corrected chi connectivity index (χ2v) is 4.09. The zero-order valence-corrected chi connectivity index (χ0v) is 10.4. The van der Waals surface area contributed by atoms with Gasteiger partial charge in [0.15, 0.2) is 0 Å². The van der Waals surface area contributed by atoms with Crippen LogP contribution in [-0.4, -0.2) is 23.9 Å². The lowest BCUT2D eigenvalue weighted by atomic mass is 10.1. The van der Waals surface area contributed by atoms with Gasteiger partial charge in [0.05, 0.1) is 11.9 Å². The molecule has 0 radical (unpaired) electrons. The molecule has 6 heteroatoms. The largest absolute Gasteiger partial charge is 0.442 e. The Hall–Kier alpha value is -2.76. The summed E-state index contributed by atoms with van der Waals surface area (Å²) in [6, 6.07) is 7.92. The van der Waals surface area contributed by atoms with Crippen molar-refractivity contribution in [3.05, 3.63) is 48.5 Å². The molecule has 2 aromatic rings. The fourth-order valence-electron chi connectivity index (χ4n) is 1.90. The normalized spacial score (nSPS) is 14.2. The minimum atomic E-state index is -0.624. The molecule has 0 N–H and O–H groups in total. The number of aromatic nitrogens is 1. The number of hydrogen-bond donors (Lipinski definition) is 0. The molecule has 0 bridgehead atoms. The summed E-state index contributed by atoms with van der Waals surface area (Å²) in [6.45, 7) is 0.131. The van der Waals surface area contributed by atoms with Crippen LogP contribution in [0, 0.1) is 5.82 Å². The molecule has 1 aliphatic rings. The predicted octanol–water partition coefficient (Wildman–Crippen LogP) is 2.83. The Bertz CT molecular complexity index is 673. The van der Waals surface area contributed by atoms with E-state index in [1.54, 1.807) is 36.7 Å². The van der Waals surface area contributed by atoms with Crippen LogP contribution in [0.15, 0.2) is 47.8 Å². The van der Waals surface area contributed by atoms with Gasteiger partial charge in [-0.2, -0.15) is 10.1 Å². The average molecular weight is 271 g/mol. The molecule has 2 heterocycles. The highest BCUT2D eigenvalue weighted by molar-refractivity contribution is 5.91. The third-order valence-corrected chi connectivity index (χ3v) is 2.82. The van der Waals surface area contributed by atoms with Crippen LogP contribution < -0.4 is 5.01 Å². The van der Waals surface area contributed by atoms with Gasteiger partial charge in [-0.25, -0.2) is 9.18 Å². The van der Waals surface area contributed by atoms with Crippen LogP contribution in [-0.2, 0) is 4.74 Å². The van der Waals surface area contributed by atoms with Crippen LogP contribution in [0.4, 0.5) is 14.9 Å². The zero-order chi connectivity index (χ0) is 13.9. The Morgan fingerprint density at radius 2 is 2.20 bits per heavy atom. The Morgan fingerprint density at radius 3 is 2.90 bits per heavy atom. The third kappa shape index (κ3) is 2.23. The Balaban J connectivity index is 1.98. The van der Waals surface area contributed by atoms with E-state index >= 15 is 0 Å². The van der Waals surface area contributed by atoms with Crippen molar-refractivity contribution < 1.29 is 13.9 Å². The number of rotatable bonds is 2. The summed E-state index contributed by atoms with van der Waals surface area (Å²) in [4.78, 5) is 15.5. The van der Waals surface area contributed by atoms with E-state index in [9.17, 15) is 9.18 Å². The summed E-state index contributed by atoms with van der Waals surface area (Å²) in [7, 11) is 0. The van der Waals surface area contributed by atoms with Gasteiger partial charge in [-0.15, -0.1) is 0 Å². The molecule has 1 aromatic heterocycles. The Morgan fingerprint density at radius 1 is 1.30 bits per heavy atom. The highest BCUT2D eigenvalue weighted by Gasteiger charge is 2.20. The monoisotopic (exact) mass is 271 g/mol. The van der Waals surface area contributed by atoms with E-state index in [0.717, 1.165) is 5.01 Å². The number of cyclic esters (lactones) is 1. The predicted molar refractivity (Wildman–Crippen MR) is 72.0 cm³/mol. The van der Waals surface area contributed by atoms with Gasteiger partial charge in [-0.05, 0) is 18.2 Å². The van der Waals surface area contributed by atoms with Gasteiger partial charge in [-0.3, -0.25) is 4.98 Å². The molecule has 0 fully saturated rings. The molecule has 0 unspecified atom stereocenters. The zero-order valence-electron chi connectivity index (χ0n) is 10.4. The number of amides is 1. The van der Waals surface area contributed by atoms with E-state index in [1.165, 1.54) is 12.3 Å². The lowest BCUT2D eigenvalue weighted by Gasteiger charge is -2.20. The van der Waals surface area contributed by atoms with Gasteiger partial charge in [-0.1, -0.05) is 6.07 Å². The van der Waals surface area contributed by atoms with E-state index in [2.05, 4.69) is 10.1 Å². The smallest absolute Gasteiger partial charge is 0.435 e. The number of halogens is 1. The summed E-state index contributed by atoms with van der Waals surface area (Å²) in [6.07, 6.45) is 4.01. The number of hydrazone groups is 1. The van der Waals surface area contributed by atoms with Crippen molar-refractivity contribution in [2.45, 2.75) is 0 Å². The molecule has 0 saturated carbocycles. The number of benzene rings is 1. The first-order chi connectivity index (χ1) is 9.75. The number of carbonyl (C=O) groups is 1. The van der Waals surface area contributed by atoms with Crippen molar-refractivity contribution in [2.24, 2.45) is 5.10 Å². The van der Waals surface area contributed by atoms with Crippen molar-refractivity contribution in [3.63, 3.8) is 0 Å². The van der Waals surface area contributed by atoms with Gasteiger partial charge in [0.25, 0.3) is 0 Å². The van der Waals surface area contributed by atoms with Crippen molar-refractivity contribution in [1.29, 1.82) is 0 Å². The first-order valence-electron chi connectivity index (χ1n) is 5.95. The summed E-state index contributed by atoms with van der Waals surface area (Å²) >= 11 is 0. The van der Waals surface area contributed by atoms with Gasteiger partial charge >= 0.3 is 6.09 Å². The SMILES string of the molecule is O=C1OCC=NN1c1ccc(-c2cccnc2)c(F)c1.